The second-order valence-corrected chi connectivity index (χ2v) is 5.36. The normalized spacial score (nSPS) is 11.7. The number of carbonyl (C=O) groups excluding carboxylic acids is 2. The minimum Gasteiger partial charge on any atom is -0.366 e. The Morgan fingerprint density at radius 2 is 1.59 bits per heavy atom. The molecule has 0 bridgehead atoms. The Bertz CT molecular complexity index is 666. The Balaban J connectivity index is 2.11. The van der Waals surface area contributed by atoms with Crippen LogP contribution in [-0.4, -0.2) is 11.8 Å². The fourth-order valence-electron chi connectivity index (χ4n) is 2.14. The second-order valence-electron chi connectivity index (χ2n) is 4.93. The Kier molecular flexibility index (Phi) is 5.17. The zero-order valence-electron chi connectivity index (χ0n) is 12.2. The zero-order chi connectivity index (χ0) is 16.1. The summed E-state index contributed by atoms with van der Waals surface area (Å²) in [6, 6.07) is 13.6. The summed E-state index contributed by atoms with van der Waals surface area (Å²) in [4.78, 5) is 23.3. The van der Waals surface area contributed by atoms with E-state index < -0.39 is 5.91 Å². The average Bonchev–Trinajstić information content (AvgIpc) is 2.53. The molecule has 2 aromatic carbocycles. The molecule has 0 spiro atoms. The molecule has 0 unspecified atom stereocenters. The van der Waals surface area contributed by atoms with Crippen LogP contribution < -0.4 is 11.1 Å². The summed E-state index contributed by atoms with van der Waals surface area (Å²) in [7, 11) is 0. The van der Waals surface area contributed by atoms with Crippen LogP contribution in [0, 0.1) is 0 Å². The van der Waals surface area contributed by atoms with Crippen LogP contribution in [0.1, 0.15) is 45.7 Å². The number of nitrogens with one attached hydrogen (secondary N) is 1. The largest absolute Gasteiger partial charge is 0.366 e. The van der Waals surface area contributed by atoms with Gasteiger partial charge in [0.15, 0.2) is 0 Å². The van der Waals surface area contributed by atoms with Gasteiger partial charge in [-0.15, -0.1) is 0 Å². The highest BCUT2D eigenvalue weighted by atomic mass is 35.5. The molecule has 0 heterocycles. The molecule has 0 aliphatic carbocycles. The molecule has 3 N–H and O–H groups in total. The van der Waals surface area contributed by atoms with Crippen LogP contribution in [0.25, 0.3) is 0 Å². The van der Waals surface area contributed by atoms with Crippen LogP contribution in [0.3, 0.4) is 0 Å². The summed E-state index contributed by atoms with van der Waals surface area (Å²) in [6.45, 7) is 2.00. The topological polar surface area (TPSA) is 72.2 Å². The molecule has 2 amide bonds. The molecule has 0 saturated heterocycles. The second kappa shape index (κ2) is 7.09. The number of rotatable bonds is 5. The van der Waals surface area contributed by atoms with Crippen molar-refractivity contribution in [3.8, 4) is 0 Å². The number of nitrogens with two attached hydrogens (primary N) is 1. The first-order chi connectivity index (χ1) is 10.5. The number of carbonyl (C=O) groups is 2. The molecule has 0 saturated carbocycles. The van der Waals surface area contributed by atoms with Gasteiger partial charge in [-0.2, -0.15) is 0 Å². The first-order valence-corrected chi connectivity index (χ1v) is 7.35. The molecule has 4 nitrogen and oxygen atoms in total. The maximum Gasteiger partial charge on any atom is 0.251 e. The minimum atomic E-state index is -0.514. The summed E-state index contributed by atoms with van der Waals surface area (Å²) in [5.74, 6) is -0.711. The quantitative estimate of drug-likeness (QED) is 0.888. The summed E-state index contributed by atoms with van der Waals surface area (Å²) in [6.07, 6.45) is 0.757. The van der Waals surface area contributed by atoms with Gasteiger partial charge in [0.25, 0.3) is 5.91 Å². The molecule has 0 radical (unpaired) electrons. The molecular weight excluding hydrogens is 300 g/mol. The first kappa shape index (κ1) is 16.0. The number of hydrogen-bond donors (Lipinski definition) is 2. The van der Waals surface area contributed by atoms with Crippen LogP contribution in [0.2, 0.25) is 5.02 Å². The molecule has 22 heavy (non-hydrogen) atoms. The fraction of sp³-hybridized carbons (Fsp3) is 0.176. The van der Waals surface area contributed by atoms with E-state index in [2.05, 4.69) is 5.32 Å². The zero-order valence-corrected chi connectivity index (χ0v) is 12.9. The number of amides is 2. The lowest BCUT2D eigenvalue weighted by Gasteiger charge is -2.17. The van der Waals surface area contributed by atoms with E-state index >= 15 is 0 Å². The van der Waals surface area contributed by atoms with E-state index in [9.17, 15) is 9.59 Å². The minimum absolute atomic E-state index is 0.0967. The van der Waals surface area contributed by atoms with Gasteiger partial charge in [-0.1, -0.05) is 30.7 Å². The van der Waals surface area contributed by atoms with E-state index in [1.807, 2.05) is 19.1 Å². The highest BCUT2D eigenvalue weighted by molar-refractivity contribution is 6.30. The first-order valence-electron chi connectivity index (χ1n) is 6.97. The molecule has 2 rings (SSSR count). The lowest BCUT2D eigenvalue weighted by atomic mass is 10.0. The lowest BCUT2D eigenvalue weighted by Crippen LogP contribution is -2.28. The third-order valence-corrected chi connectivity index (χ3v) is 3.67. The predicted octanol–water partition coefficient (Wildman–Crippen LogP) is 3.32. The van der Waals surface area contributed by atoms with E-state index in [0.717, 1.165) is 12.0 Å². The van der Waals surface area contributed by atoms with Crippen LogP contribution in [0.5, 0.6) is 0 Å². The van der Waals surface area contributed by atoms with Gasteiger partial charge in [0.2, 0.25) is 5.91 Å². The smallest absolute Gasteiger partial charge is 0.251 e. The van der Waals surface area contributed by atoms with E-state index in [-0.39, 0.29) is 11.9 Å². The maximum absolute atomic E-state index is 12.3. The lowest BCUT2D eigenvalue weighted by molar-refractivity contribution is 0.0933. The summed E-state index contributed by atoms with van der Waals surface area (Å²) >= 11 is 5.88. The van der Waals surface area contributed by atoms with Gasteiger partial charge >= 0.3 is 0 Å². The van der Waals surface area contributed by atoms with E-state index in [1.54, 1.807) is 36.4 Å². The Morgan fingerprint density at radius 3 is 2.09 bits per heavy atom. The monoisotopic (exact) mass is 316 g/mol. The van der Waals surface area contributed by atoms with Crippen molar-refractivity contribution in [2.45, 2.75) is 19.4 Å². The standard InChI is InChI=1S/C17H17ClN2O2/c1-2-15(11-7-9-14(18)10-8-11)20-17(22)13-5-3-12(4-6-13)16(19)21/h3-10,15H,2H2,1H3,(H2,19,21)(H,20,22)/t15-/m1/s1. The molecule has 0 aliphatic heterocycles. The number of hydrogen-bond acceptors (Lipinski definition) is 2. The molecule has 1 atom stereocenters. The van der Waals surface area contributed by atoms with Gasteiger partial charge in [0, 0.05) is 16.1 Å². The van der Waals surface area contributed by atoms with Gasteiger partial charge in [-0.3, -0.25) is 9.59 Å². The van der Waals surface area contributed by atoms with Gasteiger partial charge in [-0.25, -0.2) is 0 Å². The third kappa shape index (κ3) is 3.86. The summed E-state index contributed by atoms with van der Waals surface area (Å²) in [5, 5.41) is 3.63. The van der Waals surface area contributed by atoms with Crippen molar-refractivity contribution in [2.75, 3.05) is 0 Å². The van der Waals surface area contributed by atoms with Crippen LogP contribution in [0.15, 0.2) is 48.5 Å². The van der Waals surface area contributed by atoms with Gasteiger partial charge in [-0.05, 0) is 48.4 Å². The van der Waals surface area contributed by atoms with Crippen LogP contribution in [-0.2, 0) is 0 Å². The number of halogens is 1. The SMILES string of the molecule is CC[C@@H](NC(=O)c1ccc(C(N)=O)cc1)c1ccc(Cl)cc1. The molecular formula is C17H17ClN2O2. The van der Waals surface area contributed by atoms with Crippen molar-refractivity contribution in [1.82, 2.24) is 5.32 Å². The fourth-order valence-corrected chi connectivity index (χ4v) is 2.27. The number of benzene rings is 2. The van der Waals surface area contributed by atoms with Crippen molar-refractivity contribution < 1.29 is 9.59 Å². The molecule has 0 aliphatic rings. The van der Waals surface area contributed by atoms with Crippen molar-refractivity contribution in [1.29, 1.82) is 0 Å². The predicted molar refractivity (Wildman–Crippen MR) is 86.9 cm³/mol. The van der Waals surface area contributed by atoms with Crippen molar-refractivity contribution in [3.63, 3.8) is 0 Å². The van der Waals surface area contributed by atoms with Crippen molar-refractivity contribution >= 4 is 23.4 Å². The van der Waals surface area contributed by atoms with Gasteiger partial charge in [0.05, 0.1) is 6.04 Å². The molecule has 0 fully saturated rings. The van der Waals surface area contributed by atoms with E-state index in [0.29, 0.717) is 16.1 Å². The average molecular weight is 317 g/mol. The Morgan fingerprint density at radius 1 is 1.05 bits per heavy atom. The molecule has 0 aromatic heterocycles. The third-order valence-electron chi connectivity index (χ3n) is 3.42. The summed E-state index contributed by atoms with van der Waals surface area (Å²) < 4.78 is 0. The maximum atomic E-state index is 12.3. The number of primary amides is 1. The molecule has 114 valence electrons. The van der Waals surface area contributed by atoms with E-state index in [1.165, 1.54) is 0 Å². The van der Waals surface area contributed by atoms with E-state index in [4.69, 9.17) is 17.3 Å². The Hall–Kier alpha value is -2.33. The van der Waals surface area contributed by atoms with Crippen LogP contribution >= 0.6 is 11.6 Å². The van der Waals surface area contributed by atoms with Crippen LogP contribution in [0.4, 0.5) is 0 Å². The summed E-state index contributed by atoms with van der Waals surface area (Å²) in [5.41, 5.74) is 7.03. The highest BCUT2D eigenvalue weighted by Crippen LogP contribution is 2.19. The van der Waals surface area contributed by atoms with Gasteiger partial charge in [0.1, 0.15) is 0 Å². The van der Waals surface area contributed by atoms with Crippen molar-refractivity contribution in [3.05, 3.63) is 70.2 Å². The molecule has 5 heteroatoms. The van der Waals surface area contributed by atoms with Crippen molar-refractivity contribution in [2.24, 2.45) is 5.73 Å². The van der Waals surface area contributed by atoms with Gasteiger partial charge < -0.3 is 11.1 Å². The molecule has 2 aromatic rings. The Labute approximate surface area is 134 Å². The highest BCUT2D eigenvalue weighted by Gasteiger charge is 2.14.